The summed E-state index contributed by atoms with van der Waals surface area (Å²) in [5.41, 5.74) is 2.33. The van der Waals surface area contributed by atoms with Crippen LogP contribution in [0, 0.1) is 0 Å². The Morgan fingerprint density at radius 1 is 1.11 bits per heavy atom. The van der Waals surface area contributed by atoms with Crippen LogP contribution in [0.5, 0.6) is 0 Å². The van der Waals surface area contributed by atoms with Gasteiger partial charge in [-0.2, -0.15) is 0 Å². The van der Waals surface area contributed by atoms with E-state index in [1.54, 1.807) is 6.20 Å². The summed E-state index contributed by atoms with van der Waals surface area (Å²) in [6.07, 6.45) is 1.79. The molecule has 2 rings (SSSR count). The fourth-order valence-corrected chi connectivity index (χ4v) is 1.90. The van der Waals surface area contributed by atoms with Crippen LogP contribution in [0.1, 0.15) is 12.5 Å². The van der Waals surface area contributed by atoms with Gasteiger partial charge in [0.25, 0.3) is 0 Å². The van der Waals surface area contributed by atoms with Crippen molar-refractivity contribution in [2.75, 3.05) is 26.0 Å². The predicted octanol–water partition coefficient (Wildman–Crippen LogP) is 2.64. The van der Waals surface area contributed by atoms with Gasteiger partial charge in [0, 0.05) is 24.8 Å². The van der Waals surface area contributed by atoms with Crippen molar-refractivity contribution in [3.63, 3.8) is 0 Å². The topological polar surface area (TPSA) is 41.1 Å². The van der Waals surface area contributed by atoms with Crippen molar-refractivity contribution < 1.29 is 0 Å². The Morgan fingerprint density at radius 2 is 1.84 bits per heavy atom. The fraction of sp³-hybridized carbons (Fsp3) is 0.333. The summed E-state index contributed by atoms with van der Waals surface area (Å²) in [7, 11) is 4.13. The molecule has 4 heteroatoms. The first kappa shape index (κ1) is 13.5. The van der Waals surface area contributed by atoms with Crippen molar-refractivity contribution in [3.05, 3.63) is 42.1 Å². The summed E-state index contributed by atoms with van der Waals surface area (Å²) >= 11 is 0. The van der Waals surface area contributed by atoms with Gasteiger partial charge in [0.15, 0.2) is 5.82 Å². The van der Waals surface area contributed by atoms with Crippen LogP contribution in [0.4, 0.5) is 5.82 Å². The Bertz CT molecular complexity index is 520. The standard InChI is InChI=1S/C15H20N4/c1-4-16-14-9-10-17-15(18-14)13-7-5-12(6-8-13)11-19(2)3/h5-10H,4,11H2,1-3H3,(H,16,17,18). The average Bonchev–Trinajstić information content (AvgIpc) is 2.40. The van der Waals surface area contributed by atoms with Gasteiger partial charge in [-0.05, 0) is 32.6 Å². The maximum absolute atomic E-state index is 4.49. The third kappa shape index (κ3) is 3.76. The third-order valence-electron chi connectivity index (χ3n) is 2.72. The zero-order chi connectivity index (χ0) is 13.7. The maximum atomic E-state index is 4.49. The molecule has 0 atom stereocenters. The third-order valence-corrected chi connectivity index (χ3v) is 2.72. The molecule has 1 heterocycles. The number of benzene rings is 1. The Morgan fingerprint density at radius 3 is 2.47 bits per heavy atom. The van der Waals surface area contributed by atoms with Gasteiger partial charge >= 0.3 is 0 Å². The molecule has 0 aliphatic rings. The molecule has 4 nitrogen and oxygen atoms in total. The first-order chi connectivity index (χ1) is 9.19. The normalized spacial score (nSPS) is 10.7. The molecule has 0 saturated heterocycles. The minimum atomic E-state index is 0.759. The van der Waals surface area contributed by atoms with E-state index in [-0.39, 0.29) is 0 Å². The lowest BCUT2D eigenvalue weighted by molar-refractivity contribution is 0.402. The molecule has 0 aliphatic heterocycles. The van der Waals surface area contributed by atoms with Gasteiger partial charge in [-0.15, -0.1) is 0 Å². The van der Waals surface area contributed by atoms with Crippen LogP contribution in [0.2, 0.25) is 0 Å². The van der Waals surface area contributed by atoms with Gasteiger partial charge in [0.05, 0.1) is 0 Å². The largest absolute Gasteiger partial charge is 0.370 e. The van der Waals surface area contributed by atoms with E-state index in [1.807, 2.05) is 6.07 Å². The minimum absolute atomic E-state index is 0.759. The van der Waals surface area contributed by atoms with E-state index >= 15 is 0 Å². The second kappa shape index (κ2) is 6.29. The summed E-state index contributed by atoms with van der Waals surface area (Å²) in [5.74, 6) is 1.62. The summed E-state index contributed by atoms with van der Waals surface area (Å²) in [5, 5.41) is 3.20. The van der Waals surface area contributed by atoms with Crippen molar-refractivity contribution in [2.45, 2.75) is 13.5 Å². The molecular weight excluding hydrogens is 236 g/mol. The van der Waals surface area contributed by atoms with Crippen molar-refractivity contribution >= 4 is 5.82 Å². The number of nitrogens with one attached hydrogen (secondary N) is 1. The van der Waals surface area contributed by atoms with Gasteiger partial charge in [-0.1, -0.05) is 24.3 Å². The lowest BCUT2D eigenvalue weighted by atomic mass is 10.1. The Labute approximate surface area is 114 Å². The number of nitrogens with zero attached hydrogens (tertiary/aromatic N) is 3. The zero-order valence-electron chi connectivity index (χ0n) is 11.7. The number of aromatic nitrogens is 2. The fourth-order valence-electron chi connectivity index (χ4n) is 1.90. The lowest BCUT2D eigenvalue weighted by Crippen LogP contribution is -2.10. The van der Waals surface area contributed by atoms with E-state index in [0.717, 1.165) is 30.3 Å². The van der Waals surface area contributed by atoms with Gasteiger partial charge in [0.2, 0.25) is 0 Å². The maximum Gasteiger partial charge on any atom is 0.161 e. The summed E-state index contributed by atoms with van der Waals surface area (Å²) in [4.78, 5) is 11.0. The molecule has 1 aromatic heterocycles. The molecule has 19 heavy (non-hydrogen) atoms. The molecule has 0 fully saturated rings. The molecule has 0 spiro atoms. The highest BCUT2D eigenvalue weighted by Crippen LogP contribution is 2.17. The van der Waals surface area contributed by atoms with Crippen molar-refractivity contribution in [1.29, 1.82) is 0 Å². The van der Waals surface area contributed by atoms with Crippen LogP contribution < -0.4 is 5.32 Å². The van der Waals surface area contributed by atoms with Crippen LogP contribution in [0.15, 0.2) is 36.5 Å². The molecule has 1 N–H and O–H groups in total. The monoisotopic (exact) mass is 256 g/mol. The molecule has 2 aromatic rings. The lowest BCUT2D eigenvalue weighted by Gasteiger charge is -2.10. The smallest absolute Gasteiger partial charge is 0.161 e. The quantitative estimate of drug-likeness (QED) is 0.893. The van der Waals surface area contributed by atoms with E-state index in [2.05, 4.69) is 65.5 Å². The van der Waals surface area contributed by atoms with Crippen molar-refractivity contribution in [1.82, 2.24) is 14.9 Å². The van der Waals surface area contributed by atoms with Crippen molar-refractivity contribution in [2.24, 2.45) is 0 Å². The van der Waals surface area contributed by atoms with Crippen LogP contribution >= 0.6 is 0 Å². The number of rotatable bonds is 5. The number of hydrogen-bond acceptors (Lipinski definition) is 4. The first-order valence-corrected chi connectivity index (χ1v) is 6.50. The van der Waals surface area contributed by atoms with Gasteiger partial charge < -0.3 is 10.2 Å². The van der Waals surface area contributed by atoms with Crippen LogP contribution in [-0.2, 0) is 6.54 Å². The Kier molecular flexibility index (Phi) is 4.47. The highest BCUT2D eigenvalue weighted by molar-refractivity contribution is 5.57. The Balaban J connectivity index is 2.19. The predicted molar refractivity (Wildman–Crippen MR) is 79.0 cm³/mol. The molecule has 0 saturated carbocycles. The van der Waals surface area contributed by atoms with E-state index in [1.165, 1.54) is 5.56 Å². The minimum Gasteiger partial charge on any atom is -0.370 e. The summed E-state index contributed by atoms with van der Waals surface area (Å²) < 4.78 is 0. The highest BCUT2D eigenvalue weighted by atomic mass is 15.0. The van der Waals surface area contributed by atoms with Gasteiger partial charge in [-0.3, -0.25) is 0 Å². The molecule has 0 radical (unpaired) electrons. The SMILES string of the molecule is CCNc1ccnc(-c2ccc(CN(C)C)cc2)n1. The van der Waals surface area contributed by atoms with Gasteiger partial charge in [-0.25, -0.2) is 9.97 Å². The second-order valence-electron chi connectivity index (χ2n) is 4.73. The molecular formula is C15H20N4. The van der Waals surface area contributed by atoms with E-state index in [0.29, 0.717) is 0 Å². The zero-order valence-corrected chi connectivity index (χ0v) is 11.7. The molecule has 0 unspecified atom stereocenters. The van der Waals surface area contributed by atoms with Crippen molar-refractivity contribution in [3.8, 4) is 11.4 Å². The van der Waals surface area contributed by atoms with E-state index in [4.69, 9.17) is 0 Å². The van der Waals surface area contributed by atoms with E-state index < -0.39 is 0 Å². The summed E-state index contributed by atoms with van der Waals surface area (Å²) in [6, 6.07) is 10.3. The highest BCUT2D eigenvalue weighted by Gasteiger charge is 2.03. The van der Waals surface area contributed by atoms with Crippen LogP contribution in [0.25, 0.3) is 11.4 Å². The summed E-state index contributed by atoms with van der Waals surface area (Å²) in [6.45, 7) is 3.86. The number of hydrogen-bond donors (Lipinski definition) is 1. The Hall–Kier alpha value is -1.94. The molecule has 0 amide bonds. The van der Waals surface area contributed by atoms with Crippen LogP contribution in [-0.4, -0.2) is 35.5 Å². The molecule has 0 bridgehead atoms. The first-order valence-electron chi connectivity index (χ1n) is 6.50. The molecule has 0 aliphatic carbocycles. The molecule has 100 valence electrons. The van der Waals surface area contributed by atoms with Crippen LogP contribution in [0.3, 0.4) is 0 Å². The average molecular weight is 256 g/mol. The second-order valence-corrected chi connectivity index (χ2v) is 4.73. The molecule has 1 aromatic carbocycles. The van der Waals surface area contributed by atoms with E-state index in [9.17, 15) is 0 Å². The van der Waals surface area contributed by atoms with Gasteiger partial charge in [0.1, 0.15) is 5.82 Å². The number of anilines is 1.